The third kappa shape index (κ3) is 3.23. The molecule has 1 heterocycles. The van der Waals surface area contributed by atoms with Crippen molar-refractivity contribution in [3.63, 3.8) is 0 Å². The monoisotopic (exact) mass is 276 g/mol. The van der Waals surface area contributed by atoms with Gasteiger partial charge in [-0.3, -0.25) is 9.78 Å². The van der Waals surface area contributed by atoms with Gasteiger partial charge < -0.3 is 10.4 Å². The normalized spacial score (nSPS) is 11.9. The van der Waals surface area contributed by atoms with Gasteiger partial charge >= 0.3 is 5.97 Å². The number of nitrogens with zero attached hydrogens (tertiary/aromatic N) is 1. The second-order valence-corrected chi connectivity index (χ2v) is 4.57. The molecule has 0 aliphatic heterocycles. The Balaban J connectivity index is 2.35. The largest absolute Gasteiger partial charge is 0.480 e. The van der Waals surface area contributed by atoms with Crippen molar-refractivity contribution in [3.05, 3.63) is 47.7 Å². The second-order valence-electron chi connectivity index (χ2n) is 4.13. The summed E-state index contributed by atoms with van der Waals surface area (Å²) in [5.74, 6) is -0.911. The van der Waals surface area contributed by atoms with Crippen LogP contribution in [0.15, 0.2) is 42.7 Å². The summed E-state index contributed by atoms with van der Waals surface area (Å²) in [7, 11) is 0. The highest BCUT2D eigenvalue weighted by atomic mass is 35.5. The molecule has 1 aromatic heterocycles. The van der Waals surface area contributed by atoms with Crippen LogP contribution >= 0.6 is 11.6 Å². The highest BCUT2D eigenvalue weighted by Gasteiger charge is 2.13. The molecule has 1 atom stereocenters. The van der Waals surface area contributed by atoms with E-state index in [0.717, 1.165) is 11.1 Å². The van der Waals surface area contributed by atoms with Crippen molar-refractivity contribution in [2.24, 2.45) is 0 Å². The summed E-state index contributed by atoms with van der Waals surface area (Å²) in [4.78, 5) is 14.9. The first-order valence-corrected chi connectivity index (χ1v) is 6.15. The number of hydrogen-bond acceptors (Lipinski definition) is 3. The van der Waals surface area contributed by atoms with E-state index in [1.165, 1.54) is 0 Å². The van der Waals surface area contributed by atoms with E-state index in [0.29, 0.717) is 10.7 Å². The summed E-state index contributed by atoms with van der Waals surface area (Å²) in [6.45, 7) is 1.58. The molecule has 0 fully saturated rings. The average molecular weight is 277 g/mol. The van der Waals surface area contributed by atoms with Crippen molar-refractivity contribution in [1.82, 2.24) is 4.98 Å². The lowest BCUT2D eigenvalue weighted by Crippen LogP contribution is -2.25. The van der Waals surface area contributed by atoms with Crippen LogP contribution in [0.5, 0.6) is 0 Å². The lowest BCUT2D eigenvalue weighted by atomic mass is 10.1. The van der Waals surface area contributed by atoms with Gasteiger partial charge in [0, 0.05) is 16.8 Å². The van der Waals surface area contributed by atoms with Crippen molar-refractivity contribution >= 4 is 23.3 Å². The minimum atomic E-state index is -0.911. The molecule has 1 aromatic carbocycles. The quantitative estimate of drug-likeness (QED) is 0.899. The maximum Gasteiger partial charge on any atom is 0.325 e. The number of pyridine rings is 1. The number of aliphatic carboxylic acids is 1. The first kappa shape index (κ1) is 13.4. The number of rotatable bonds is 4. The zero-order valence-corrected chi connectivity index (χ0v) is 11.1. The predicted molar refractivity (Wildman–Crippen MR) is 75.4 cm³/mol. The zero-order chi connectivity index (χ0) is 13.8. The van der Waals surface area contributed by atoms with Crippen LogP contribution < -0.4 is 5.32 Å². The molecular weight excluding hydrogens is 264 g/mol. The maximum absolute atomic E-state index is 10.9. The number of anilines is 1. The van der Waals surface area contributed by atoms with Crippen LogP contribution in [0.3, 0.4) is 0 Å². The van der Waals surface area contributed by atoms with Gasteiger partial charge in [-0.05, 0) is 30.7 Å². The Morgan fingerprint density at radius 2 is 2.00 bits per heavy atom. The summed E-state index contributed by atoms with van der Waals surface area (Å²) < 4.78 is 0. The van der Waals surface area contributed by atoms with Gasteiger partial charge in [-0.25, -0.2) is 0 Å². The molecule has 0 aliphatic carbocycles. The van der Waals surface area contributed by atoms with Crippen molar-refractivity contribution < 1.29 is 9.90 Å². The summed E-state index contributed by atoms with van der Waals surface area (Å²) in [6, 6.07) is 8.50. The van der Waals surface area contributed by atoms with E-state index in [1.54, 1.807) is 31.5 Å². The molecule has 0 radical (unpaired) electrons. The maximum atomic E-state index is 10.9. The molecule has 0 aliphatic rings. The molecule has 0 amide bonds. The topological polar surface area (TPSA) is 62.2 Å². The minimum Gasteiger partial charge on any atom is -0.480 e. The van der Waals surface area contributed by atoms with Gasteiger partial charge in [0.05, 0.1) is 11.9 Å². The number of aromatic nitrogens is 1. The van der Waals surface area contributed by atoms with Crippen LogP contribution in [-0.2, 0) is 4.79 Å². The Hall–Kier alpha value is -2.07. The van der Waals surface area contributed by atoms with Crippen molar-refractivity contribution in [2.75, 3.05) is 5.32 Å². The lowest BCUT2D eigenvalue weighted by Gasteiger charge is -2.14. The van der Waals surface area contributed by atoms with Gasteiger partial charge in [0.15, 0.2) is 0 Å². The van der Waals surface area contributed by atoms with E-state index in [4.69, 9.17) is 16.7 Å². The molecule has 0 saturated heterocycles. The molecule has 2 aromatic rings. The van der Waals surface area contributed by atoms with Crippen molar-refractivity contribution in [1.29, 1.82) is 0 Å². The Morgan fingerprint density at radius 3 is 2.63 bits per heavy atom. The van der Waals surface area contributed by atoms with E-state index in [9.17, 15) is 4.79 Å². The smallest absolute Gasteiger partial charge is 0.325 e. The van der Waals surface area contributed by atoms with E-state index in [-0.39, 0.29) is 0 Å². The van der Waals surface area contributed by atoms with Crippen LogP contribution in [0, 0.1) is 0 Å². The second kappa shape index (κ2) is 5.71. The summed E-state index contributed by atoms with van der Waals surface area (Å²) in [6.07, 6.45) is 3.28. The fourth-order valence-corrected chi connectivity index (χ4v) is 1.81. The molecule has 0 unspecified atom stereocenters. The fraction of sp³-hybridized carbons (Fsp3) is 0.143. The van der Waals surface area contributed by atoms with Gasteiger partial charge in [-0.1, -0.05) is 23.7 Å². The van der Waals surface area contributed by atoms with Crippen LogP contribution in [0.2, 0.25) is 5.02 Å². The Morgan fingerprint density at radius 1 is 1.32 bits per heavy atom. The number of carbonyl (C=O) groups is 1. The van der Waals surface area contributed by atoms with E-state index in [1.807, 2.05) is 18.2 Å². The van der Waals surface area contributed by atoms with Gasteiger partial charge in [0.25, 0.3) is 0 Å². The number of carboxylic acid groups (broad SMARTS) is 1. The number of benzene rings is 1. The molecule has 0 spiro atoms. The number of hydrogen-bond donors (Lipinski definition) is 2. The third-order valence-electron chi connectivity index (χ3n) is 2.72. The van der Waals surface area contributed by atoms with Gasteiger partial charge in [-0.15, -0.1) is 0 Å². The highest BCUT2D eigenvalue weighted by molar-refractivity contribution is 6.30. The van der Waals surface area contributed by atoms with E-state index < -0.39 is 12.0 Å². The highest BCUT2D eigenvalue weighted by Crippen LogP contribution is 2.28. The Bertz CT molecular complexity index is 584. The molecule has 0 saturated carbocycles. The van der Waals surface area contributed by atoms with E-state index in [2.05, 4.69) is 10.3 Å². The minimum absolute atomic E-state index is 0.659. The molecule has 2 rings (SSSR count). The first-order valence-electron chi connectivity index (χ1n) is 5.77. The van der Waals surface area contributed by atoms with Crippen LogP contribution in [0.1, 0.15) is 6.92 Å². The lowest BCUT2D eigenvalue weighted by molar-refractivity contribution is -0.137. The molecule has 19 heavy (non-hydrogen) atoms. The SMILES string of the molecule is C[C@H](Nc1cnccc1-c1ccc(Cl)cc1)C(=O)O. The van der Waals surface area contributed by atoms with Crippen molar-refractivity contribution in [3.8, 4) is 11.1 Å². The Labute approximate surface area is 116 Å². The van der Waals surface area contributed by atoms with Crippen LogP contribution in [-0.4, -0.2) is 22.1 Å². The zero-order valence-electron chi connectivity index (χ0n) is 10.3. The standard InChI is InChI=1S/C14H13ClN2O2/c1-9(14(18)19)17-13-8-16-7-6-12(13)10-2-4-11(15)5-3-10/h2-9,17H,1H3,(H,18,19)/t9-/m0/s1. The number of carboxylic acids is 1. The fourth-order valence-electron chi connectivity index (χ4n) is 1.69. The average Bonchev–Trinajstić information content (AvgIpc) is 2.40. The summed E-state index contributed by atoms with van der Waals surface area (Å²) >= 11 is 5.86. The Kier molecular flexibility index (Phi) is 4.02. The van der Waals surface area contributed by atoms with Crippen LogP contribution in [0.25, 0.3) is 11.1 Å². The first-order chi connectivity index (χ1) is 9.08. The van der Waals surface area contributed by atoms with Gasteiger partial charge in [0.2, 0.25) is 0 Å². The van der Waals surface area contributed by atoms with Gasteiger partial charge in [-0.2, -0.15) is 0 Å². The molecule has 4 nitrogen and oxygen atoms in total. The molecular formula is C14H13ClN2O2. The number of nitrogens with one attached hydrogen (secondary N) is 1. The van der Waals surface area contributed by atoms with Gasteiger partial charge in [0.1, 0.15) is 6.04 Å². The molecule has 0 bridgehead atoms. The van der Waals surface area contributed by atoms with Crippen LogP contribution in [0.4, 0.5) is 5.69 Å². The number of halogens is 1. The van der Waals surface area contributed by atoms with E-state index >= 15 is 0 Å². The predicted octanol–water partition coefficient (Wildman–Crippen LogP) is 3.29. The summed E-state index contributed by atoms with van der Waals surface area (Å²) in [5.41, 5.74) is 2.52. The molecule has 5 heteroatoms. The molecule has 98 valence electrons. The van der Waals surface area contributed by atoms with Crippen molar-refractivity contribution in [2.45, 2.75) is 13.0 Å². The summed E-state index contributed by atoms with van der Waals surface area (Å²) in [5, 5.41) is 12.5. The molecule has 2 N–H and O–H groups in total. The third-order valence-corrected chi connectivity index (χ3v) is 2.97.